The summed E-state index contributed by atoms with van der Waals surface area (Å²) in [6.07, 6.45) is -0.358. The van der Waals surface area contributed by atoms with Gasteiger partial charge in [0.1, 0.15) is 23.4 Å². The minimum atomic E-state index is -1.33. The number of phenols is 1. The number of carbonyl (C=O) groups is 3. The predicted octanol–water partition coefficient (Wildman–Crippen LogP) is 3.50. The molecule has 9 heteroatoms. The number of ether oxygens (including phenoxy) is 1. The first kappa shape index (κ1) is 27.7. The maximum atomic E-state index is 13.6. The van der Waals surface area contributed by atoms with E-state index in [9.17, 15) is 24.6 Å². The van der Waals surface area contributed by atoms with Crippen LogP contribution in [-0.2, 0) is 14.3 Å². The van der Waals surface area contributed by atoms with Gasteiger partial charge in [0.2, 0.25) is 5.91 Å². The van der Waals surface area contributed by atoms with Crippen LogP contribution in [0.5, 0.6) is 5.75 Å². The molecule has 0 aromatic heterocycles. The molecular formula is C26H35N3O6. The van der Waals surface area contributed by atoms with Crippen LogP contribution in [-0.4, -0.2) is 57.8 Å². The molecule has 190 valence electrons. The molecule has 35 heavy (non-hydrogen) atoms. The van der Waals surface area contributed by atoms with Crippen molar-refractivity contribution in [2.75, 3.05) is 18.5 Å². The summed E-state index contributed by atoms with van der Waals surface area (Å²) in [4.78, 5) is 40.7. The number of para-hydroxylation sites is 1. The van der Waals surface area contributed by atoms with Crippen molar-refractivity contribution in [1.29, 1.82) is 0 Å². The number of aliphatic hydroxyl groups is 1. The van der Waals surface area contributed by atoms with Crippen LogP contribution in [0.4, 0.5) is 10.5 Å². The number of carbonyl (C=O) groups excluding carboxylic acids is 3. The molecule has 0 fully saturated rings. The van der Waals surface area contributed by atoms with Crippen molar-refractivity contribution in [3.05, 3.63) is 59.7 Å². The lowest BCUT2D eigenvalue weighted by atomic mass is 10.0. The van der Waals surface area contributed by atoms with Gasteiger partial charge < -0.3 is 30.5 Å². The predicted molar refractivity (Wildman–Crippen MR) is 133 cm³/mol. The summed E-state index contributed by atoms with van der Waals surface area (Å²) >= 11 is 0. The summed E-state index contributed by atoms with van der Waals surface area (Å²) in [5.41, 5.74) is 1.00. The van der Waals surface area contributed by atoms with E-state index >= 15 is 0 Å². The number of anilines is 1. The molecule has 2 aromatic carbocycles. The summed E-state index contributed by atoms with van der Waals surface area (Å²) in [6.45, 7) is 8.20. The normalized spacial score (nSPS) is 12.9. The second-order valence-electron chi connectivity index (χ2n) is 9.21. The Hall–Kier alpha value is -3.59. The largest absolute Gasteiger partial charge is 0.508 e. The van der Waals surface area contributed by atoms with Crippen molar-refractivity contribution in [1.82, 2.24) is 10.2 Å². The third-order valence-corrected chi connectivity index (χ3v) is 5.07. The van der Waals surface area contributed by atoms with Crippen LogP contribution < -0.4 is 10.6 Å². The number of hydrogen-bond acceptors (Lipinski definition) is 6. The molecule has 0 radical (unpaired) electrons. The molecule has 0 heterocycles. The Balaban J connectivity index is 2.44. The Morgan fingerprint density at radius 3 is 2.34 bits per heavy atom. The zero-order valence-electron chi connectivity index (χ0n) is 20.9. The van der Waals surface area contributed by atoms with Crippen LogP contribution in [0.2, 0.25) is 0 Å². The zero-order valence-corrected chi connectivity index (χ0v) is 20.9. The number of nitrogens with zero attached hydrogens (tertiary/aromatic N) is 1. The lowest BCUT2D eigenvalue weighted by Crippen LogP contribution is -2.54. The molecule has 0 saturated heterocycles. The van der Waals surface area contributed by atoms with Gasteiger partial charge in [-0.3, -0.25) is 9.59 Å². The van der Waals surface area contributed by atoms with Gasteiger partial charge in [0.25, 0.3) is 5.91 Å². The Morgan fingerprint density at radius 1 is 1.09 bits per heavy atom. The second-order valence-corrected chi connectivity index (χ2v) is 9.21. The summed E-state index contributed by atoms with van der Waals surface area (Å²) in [5.74, 6) is -1.22. The highest BCUT2D eigenvalue weighted by Crippen LogP contribution is 2.27. The summed E-state index contributed by atoms with van der Waals surface area (Å²) in [6, 6.07) is 10.8. The van der Waals surface area contributed by atoms with Gasteiger partial charge in [-0.15, -0.1) is 0 Å². The Labute approximate surface area is 206 Å². The SMILES string of the molecule is CCCN(C(=O)C(CO)NC(=O)OC(C)(C)C)C(C(=O)Nc1ccccc1C)c1cccc(O)c1. The van der Waals surface area contributed by atoms with E-state index in [1.54, 1.807) is 45.0 Å². The van der Waals surface area contributed by atoms with Gasteiger partial charge in [-0.1, -0.05) is 37.3 Å². The van der Waals surface area contributed by atoms with E-state index in [-0.39, 0.29) is 12.3 Å². The van der Waals surface area contributed by atoms with Crippen LogP contribution in [0, 0.1) is 6.92 Å². The van der Waals surface area contributed by atoms with Gasteiger partial charge in [0, 0.05) is 12.2 Å². The lowest BCUT2D eigenvalue weighted by molar-refractivity contribution is -0.141. The molecule has 0 aliphatic carbocycles. The fourth-order valence-corrected chi connectivity index (χ4v) is 3.52. The van der Waals surface area contributed by atoms with E-state index in [4.69, 9.17) is 4.74 Å². The van der Waals surface area contributed by atoms with E-state index in [1.165, 1.54) is 17.0 Å². The molecule has 4 N–H and O–H groups in total. The molecule has 2 rings (SSSR count). The molecule has 0 bridgehead atoms. The number of aromatic hydroxyl groups is 1. The number of nitrogens with one attached hydrogen (secondary N) is 2. The Morgan fingerprint density at radius 2 is 1.77 bits per heavy atom. The summed E-state index contributed by atoms with van der Waals surface area (Å²) in [5, 5.41) is 25.2. The van der Waals surface area contributed by atoms with Gasteiger partial charge in [-0.25, -0.2) is 4.79 Å². The first-order chi connectivity index (χ1) is 16.5. The molecule has 0 aliphatic heterocycles. The van der Waals surface area contributed by atoms with Gasteiger partial charge in [0.05, 0.1) is 6.61 Å². The highest BCUT2D eigenvalue weighted by atomic mass is 16.6. The highest BCUT2D eigenvalue weighted by molar-refractivity contribution is 5.99. The number of aliphatic hydroxyl groups excluding tert-OH is 1. The third kappa shape index (κ3) is 7.99. The van der Waals surface area contributed by atoms with Crippen LogP contribution in [0.1, 0.15) is 51.3 Å². The van der Waals surface area contributed by atoms with Crippen molar-refractivity contribution in [2.24, 2.45) is 0 Å². The molecule has 0 aliphatic rings. The second kappa shape index (κ2) is 12.2. The van der Waals surface area contributed by atoms with Crippen LogP contribution in [0.15, 0.2) is 48.5 Å². The van der Waals surface area contributed by atoms with Crippen molar-refractivity contribution >= 4 is 23.6 Å². The number of phenolic OH excluding ortho intramolecular Hbond substituents is 1. The van der Waals surface area contributed by atoms with Crippen molar-refractivity contribution in [3.8, 4) is 5.75 Å². The average molecular weight is 486 g/mol. The molecule has 3 amide bonds. The quantitative estimate of drug-likeness (QED) is 0.430. The van der Waals surface area contributed by atoms with E-state index < -0.39 is 42.2 Å². The molecule has 9 nitrogen and oxygen atoms in total. The summed E-state index contributed by atoms with van der Waals surface area (Å²) < 4.78 is 5.22. The lowest BCUT2D eigenvalue weighted by Gasteiger charge is -2.34. The van der Waals surface area contributed by atoms with Gasteiger partial charge in [-0.05, 0) is 63.4 Å². The topological polar surface area (TPSA) is 128 Å². The smallest absolute Gasteiger partial charge is 0.408 e. The molecule has 2 aromatic rings. The van der Waals surface area contributed by atoms with Gasteiger partial charge >= 0.3 is 6.09 Å². The monoisotopic (exact) mass is 485 g/mol. The maximum absolute atomic E-state index is 13.6. The van der Waals surface area contributed by atoms with Crippen LogP contribution in [0.3, 0.4) is 0 Å². The first-order valence-electron chi connectivity index (χ1n) is 11.5. The van der Waals surface area contributed by atoms with E-state index in [2.05, 4.69) is 10.6 Å². The minimum Gasteiger partial charge on any atom is -0.508 e. The van der Waals surface area contributed by atoms with E-state index in [0.717, 1.165) is 5.56 Å². The average Bonchev–Trinajstić information content (AvgIpc) is 2.77. The molecule has 2 atom stereocenters. The number of aryl methyl sites for hydroxylation is 1. The first-order valence-corrected chi connectivity index (χ1v) is 11.5. The third-order valence-electron chi connectivity index (χ3n) is 5.07. The fourth-order valence-electron chi connectivity index (χ4n) is 3.52. The Kier molecular flexibility index (Phi) is 9.65. The summed E-state index contributed by atoms with van der Waals surface area (Å²) in [7, 11) is 0. The minimum absolute atomic E-state index is 0.0642. The molecule has 0 saturated carbocycles. The number of alkyl carbamates (subject to hydrolysis) is 1. The number of rotatable bonds is 9. The standard InChI is InChI=1S/C26H35N3O6/c1-6-14-29(24(33)21(16-30)28-25(34)35-26(3,4)5)22(18-11-9-12-19(31)15-18)23(32)27-20-13-8-7-10-17(20)2/h7-13,15,21-22,30-31H,6,14,16H2,1-5H3,(H,27,32)(H,28,34). The van der Waals surface area contributed by atoms with Crippen molar-refractivity contribution in [3.63, 3.8) is 0 Å². The highest BCUT2D eigenvalue weighted by Gasteiger charge is 2.36. The maximum Gasteiger partial charge on any atom is 0.408 e. The molecule has 2 unspecified atom stereocenters. The fraction of sp³-hybridized carbons (Fsp3) is 0.423. The number of hydrogen-bond donors (Lipinski definition) is 4. The van der Waals surface area contributed by atoms with Crippen molar-refractivity contribution in [2.45, 2.75) is 58.7 Å². The van der Waals surface area contributed by atoms with Gasteiger partial charge in [-0.2, -0.15) is 0 Å². The zero-order chi connectivity index (χ0) is 26.2. The number of amides is 3. The van der Waals surface area contributed by atoms with Gasteiger partial charge in [0.15, 0.2) is 0 Å². The molecule has 0 spiro atoms. The van der Waals surface area contributed by atoms with Crippen LogP contribution >= 0.6 is 0 Å². The Bertz CT molecular complexity index is 1030. The van der Waals surface area contributed by atoms with E-state index in [1.807, 2.05) is 26.0 Å². The van der Waals surface area contributed by atoms with Crippen molar-refractivity contribution < 1.29 is 29.3 Å². The molecular weight excluding hydrogens is 450 g/mol. The number of benzene rings is 2. The van der Waals surface area contributed by atoms with Crippen LogP contribution in [0.25, 0.3) is 0 Å². The van der Waals surface area contributed by atoms with E-state index in [0.29, 0.717) is 17.7 Å².